The van der Waals surface area contributed by atoms with Gasteiger partial charge in [0.15, 0.2) is 0 Å². The van der Waals surface area contributed by atoms with Crippen molar-refractivity contribution in [2.24, 2.45) is 0 Å². The van der Waals surface area contributed by atoms with Crippen molar-refractivity contribution in [3.8, 4) is 0 Å². The van der Waals surface area contributed by atoms with E-state index < -0.39 is 23.6 Å². The average molecular weight is 492 g/mol. The summed E-state index contributed by atoms with van der Waals surface area (Å²) < 4.78 is 41.3. The number of alkyl halides is 3. The van der Waals surface area contributed by atoms with Gasteiger partial charge in [0, 0.05) is 21.4 Å². The van der Waals surface area contributed by atoms with Crippen molar-refractivity contribution in [2.75, 3.05) is 22.5 Å². The van der Waals surface area contributed by atoms with E-state index in [1.54, 1.807) is 54.6 Å². The van der Waals surface area contributed by atoms with Gasteiger partial charge in [0.1, 0.15) is 0 Å². The lowest BCUT2D eigenvalue weighted by Crippen LogP contribution is -2.23. The van der Waals surface area contributed by atoms with Crippen LogP contribution in [0, 0.1) is 0 Å². The van der Waals surface area contributed by atoms with E-state index in [1.165, 1.54) is 12.1 Å². The fraction of sp³-hybridized carbons (Fsp3) is 0.0909. The van der Waals surface area contributed by atoms with Crippen LogP contribution in [-0.2, 0) is 11.0 Å². The lowest BCUT2D eigenvalue weighted by Gasteiger charge is -2.16. The summed E-state index contributed by atoms with van der Waals surface area (Å²) in [7, 11) is 0. The number of halogens is 4. The minimum absolute atomic E-state index is 0.00982. The lowest BCUT2D eigenvalue weighted by molar-refractivity contribution is -0.137. The maximum Gasteiger partial charge on any atom is 0.418 e. The van der Waals surface area contributed by atoms with Gasteiger partial charge in [0.25, 0.3) is 5.91 Å². The molecule has 3 aromatic rings. The number of rotatable bonds is 6. The van der Waals surface area contributed by atoms with E-state index in [4.69, 9.17) is 0 Å². The molecule has 9 heteroatoms. The highest BCUT2D eigenvalue weighted by Crippen LogP contribution is 2.36. The maximum absolute atomic E-state index is 13.6. The first kappa shape index (κ1) is 22.4. The normalized spacial score (nSPS) is 11.0. The zero-order valence-corrected chi connectivity index (χ0v) is 17.5. The van der Waals surface area contributed by atoms with Crippen molar-refractivity contribution in [1.82, 2.24) is 0 Å². The number of nitrogens with one attached hydrogen (secondary N) is 3. The Bertz CT molecular complexity index is 1090. The van der Waals surface area contributed by atoms with Crippen molar-refractivity contribution in [1.29, 1.82) is 0 Å². The highest BCUT2D eigenvalue weighted by atomic mass is 79.9. The number of hydrogen-bond acceptors (Lipinski definition) is 3. The molecule has 0 saturated carbocycles. The van der Waals surface area contributed by atoms with E-state index in [-0.39, 0.29) is 17.9 Å². The summed E-state index contributed by atoms with van der Waals surface area (Å²) in [6.45, 7) is -0.375. The van der Waals surface area contributed by atoms with Crippen molar-refractivity contribution in [2.45, 2.75) is 6.18 Å². The molecule has 0 aromatic heterocycles. The van der Waals surface area contributed by atoms with Gasteiger partial charge in [-0.15, -0.1) is 0 Å². The number of carbonyl (C=O) groups is 2. The molecule has 0 fully saturated rings. The molecule has 3 N–H and O–H groups in total. The standard InChI is InChI=1S/C22H17BrF3N3O2/c23-17-8-4-5-9-19(17)29-20(30)13-27-18-11-10-15(12-16(18)22(24,25)26)28-21(31)14-6-2-1-3-7-14/h1-12,27H,13H2,(H,28,31)(H,29,30). The molecule has 0 radical (unpaired) electrons. The molecule has 160 valence electrons. The summed E-state index contributed by atoms with van der Waals surface area (Å²) in [6, 6.07) is 18.4. The van der Waals surface area contributed by atoms with E-state index in [9.17, 15) is 22.8 Å². The average Bonchev–Trinajstić information content (AvgIpc) is 2.74. The lowest BCUT2D eigenvalue weighted by atomic mass is 10.1. The zero-order chi connectivity index (χ0) is 22.4. The highest BCUT2D eigenvalue weighted by molar-refractivity contribution is 9.10. The summed E-state index contributed by atoms with van der Waals surface area (Å²) in [5, 5.41) is 7.57. The van der Waals surface area contributed by atoms with Crippen LogP contribution < -0.4 is 16.0 Å². The second kappa shape index (κ2) is 9.65. The maximum atomic E-state index is 13.6. The Balaban J connectivity index is 1.72. The number of hydrogen-bond donors (Lipinski definition) is 3. The molecule has 0 aliphatic carbocycles. The van der Waals surface area contributed by atoms with E-state index in [1.807, 2.05) is 0 Å². The minimum Gasteiger partial charge on any atom is -0.376 e. The Morgan fingerprint density at radius 1 is 0.839 bits per heavy atom. The summed E-state index contributed by atoms with van der Waals surface area (Å²) in [6.07, 6.45) is -4.69. The van der Waals surface area contributed by atoms with Crippen molar-refractivity contribution in [3.05, 3.63) is 88.4 Å². The van der Waals surface area contributed by atoms with Crippen LogP contribution >= 0.6 is 15.9 Å². The summed E-state index contributed by atoms with van der Waals surface area (Å²) in [5.74, 6) is -1.04. The van der Waals surface area contributed by atoms with Crippen molar-refractivity contribution >= 4 is 44.8 Å². The topological polar surface area (TPSA) is 70.2 Å². The van der Waals surface area contributed by atoms with Gasteiger partial charge >= 0.3 is 6.18 Å². The van der Waals surface area contributed by atoms with E-state index in [0.717, 1.165) is 6.07 Å². The highest BCUT2D eigenvalue weighted by Gasteiger charge is 2.34. The number of anilines is 3. The molecule has 2 amide bonds. The van der Waals surface area contributed by atoms with Gasteiger partial charge in [0.05, 0.1) is 17.8 Å². The largest absolute Gasteiger partial charge is 0.418 e. The number of benzene rings is 3. The van der Waals surface area contributed by atoms with Gasteiger partial charge in [-0.3, -0.25) is 9.59 Å². The summed E-state index contributed by atoms with van der Waals surface area (Å²) in [5.41, 5.74) is -0.449. The Hall–Kier alpha value is -3.33. The summed E-state index contributed by atoms with van der Waals surface area (Å²) >= 11 is 3.28. The molecule has 0 aliphatic heterocycles. The monoisotopic (exact) mass is 491 g/mol. The third-order valence-electron chi connectivity index (χ3n) is 4.21. The Morgan fingerprint density at radius 3 is 2.19 bits per heavy atom. The van der Waals surface area contributed by atoms with Crippen LogP contribution in [0.15, 0.2) is 77.3 Å². The summed E-state index contributed by atoms with van der Waals surface area (Å²) in [4.78, 5) is 24.3. The molecule has 0 aliphatic rings. The van der Waals surface area contributed by atoms with Crippen LogP contribution in [0.3, 0.4) is 0 Å². The van der Waals surface area contributed by atoms with E-state index >= 15 is 0 Å². The fourth-order valence-corrected chi connectivity index (χ4v) is 3.12. The minimum atomic E-state index is -4.69. The second-order valence-electron chi connectivity index (χ2n) is 6.46. The number of para-hydroxylation sites is 1. The van der Waals surface area contributed by atoms with Gasteiger partial charge < -0.3 is 16.0 Å². The van der Waals surface area contributed by atoms with E-state index in [0.29, 0.717) is 15.7 Å². The second-order valence-corrected chi connectivity index (χ2v) is 7.31. The van der Waals surface area contributed by atoms with Crippen molar-refractivity contribution in [3.63, 3.8) is 0 Å². The molecule has 0 heterocycles. The van der Waals surface area contributed by atoms with Crippen LogP contribution in [-0.4, -0.2) is 18.4 Å². The van der Waals surface area contributed by atoms with Crippen LogP contribution in [0.4, 0.5) is 30.2 Å². The number of amides is 2. The molecule has 0 atom stereocenters. The van der Waals surface area contributed by atoms with E-state index in [2.05, 4.69) is 31.9 Å². The van der Waals surface area contributed by atoms with Crippen molar-refractivity contribution < 1.29 is 22.8 Å². The molecule has 3 aromatic carbocycles. The molecule has 0 unspecified atom stereocenters. The quantitative estimate of drug-likeness (QED) is 0.409. The molecule has 0 bridgehead atoms. The van der Waals surface area contributed by atoms with Crippen LogP contribution in [0.2, 0.25) is 0 Å². The Morgan fingerprint density at radius 2 is 1.52 bits per heavy atom. The predicted octanol–water partition coefficient (Wildman–Crippen LogP) is 5.77. The SMILES string of the molecule is O=C(CNc1ccc(NC(=O)c2ccccc2)cc1C(F)(F)F)Nc1ccccc1Br. The van der Waals surface area contributed by atoms with Gasteiger partial charge in [-0.1, -0.05) is 30.3 Å². The number of carbonyl (C=O) groups excluding carboxylic acids is 2. The smallest absolute Gasteiger partial charge is 0.376 e. The Kier molecular flexibility index (Phi) is 6.96. The first-order valence-electron chi connectivity index (χ1n) is 9.10. The van der Waals surface area contributed by atoms with Crippen LogP contribution in [0.25, 0.3) is 0 Å². The zero-order valence-electron chi connectivity index (χ0n) is 16.0. The first-order valence-corrected chi connectivity index (χ1v) is 9.89. The first-order chi connectivity index (χ1) is 14.7. The molecular formula is C22H17BrF3N3O2. The van der Waals surface area contributed by atoms with Gasteiger partial charge in [-0.2, -0.15) is 13.2 Å². The molecule has 5 nitrogen and oxygen atoms in total. The fourth-order valence-electron chi connectivity index (χ4n) is 2.74. The van der Waals surface area contributed by atoms with Gasteiger partial charge in [-0.25, -0.2) is 0 Å². The predicted molar refractivity (Wildman–Crippen MR) is 117 cm³/mol. The molecule has 31 heavy (non-hydrogen) atoms. The van der Waals surface area contributed by atoms with Gasteiger partial charge in [0.2, 0.25) is 5.91 Å². The van der Waals surface area contributed by atoms with Crippen LogP contribution in [0.1, 0.15) is 15.9 Å². The third kappa shape index (κ3) is 6.08. The molecule has 0 spiro atoms. The molecule has 3 rings (SSSR count). The van der Waals surface area contributed by atoms with Crippen LogP contribution in [0.5, 0.6) is 0 Å². The molecule has 0 saturated heterocycles. The Labute approximate surface area is 184 Å². The third-order valence-corrected chi connectivity index (χ3v) is 4.90. The van der Waals surface area contributed by atoms with Gasteiger partial charge in [-0.05, 0) is 58.4 Å². The molecular weight excluding hydrogens is 475 g/mol.